The predicted molar refractivity (Wildman–Crippen MR) is 64.3 cm³/mol. The maximum absolute atomic E-state index is 9.00. The van der Waals surface area contributed by atoms with Crippen molar-refractivity contribution in [3.8, 4) is 0 Å². The number of aliphatic imine (C=N–C) groups is 1. The number of alkyl halides is 2. The molecular formula is C8H11Cl2N3OS. The first-order chi connectivity index (χ1) is 6.86. The van der Waals surface area contributed by atoms with Gasteiger partial charge in [-0.2, -0.15) is 0 Å². The number of hydrogen-bond donors (Lipinski definition) is 1. The topological polar surface area (TPSA) is 48.2 Å². The lowest BCUT2D eigenvalue weighted by molar-refractivity contribution is 0.306. The molecule has 0 aliphatic carbocycles. The number of hydrogen-bond acceptors (Lipinski definition) is 4. The Morgan fingerprint density at radius 2 is 2.20 bits per heavy atom. The number of nitrogens with zero attached hydrogens (tertiary/aromatic N) is 3. The number of rotatable bonds is 0. The molecule has 0 bridgehead atoms. The van der Waals surface area contributed by atoms with Crippen LogP contribution in [-0.4, -0.2) is 43.3 Å². The summed E-state index contributed by atoms with van der Waals surface area (Å²) >= 11 is 13.6. The van der Waals surface area contributed by atoms with Crippen molar-refractivity contribution in [2.24, 2.45) is 10.1 Å². The minimum atomic E-state index is -0.902. The Labute approximate surface area is 102 Å². The van der Waals surface area contributed by atoms with Gasteiger partial charge in [0, 0.05) is 0 Å². The molecule has 0 unspecified atom stereocenters. The van der Waals surface area contributed by atoms with Crippen LogP contribution in [0.5, 0.6) is 0 Å². The number of halogens is 2. The van der Waals surface area contributed by atoms with Gasteiger partial charge in [0.15, 0.2) is 15.3 Å². The van der Waals surface area contributed by atoms with E-state index in [4.69, 9.17) is 28.4 Å². The van der Waals surface area contributed by atoms with Crippen molar-refractivity contribution in [1.29, 1.82) is 0 Å². The van der Waals surface area contributed by atoms with Crippen LogP contribution in [0.4, 0.5) is 0 Å². The van der Waals surface area contributed by atoms with Crippen LogP contribution < -0.4 is 0 Å². The fraction of sp³-hybridized carbons (Fsp3) is 0.750. The van der Waals surface area contributed by atoms with E-state index >= 15 is 0 Å². The molecule has 0 amide bonds. The van der Waals surface area contributed by atoms with Crippen molar-refractivity contribution in [2.75, 3.05) is 13.1 Å². The van der Waals surface area contributed by atoms with Crippen molar-refractivity contribution >= 4 is 46.0 Å². The second kappa shape index (κ2) is 3.43. The molecule has 1 fully saturated rings. The van der Waals surface area contributed by atoms with Crippen molar-refractivity contribution in [1.82, 2.24) is 4.90 Å². The van der Waals surface area contributed by atoms with Crippen LogP contribution in [0.15, 0.2) is 10.1 Å². The Morgan fingerprint density at radius 1 is 1.53 bits per heavy atom. The van der Waals surface area contributed by atoms with Crippen molar-refractivity contribution in [3.05, 3.63) is 0 Å². The highest BCUT2D eigenvalue weighted by molar-refractivity contribution is 8.16. The molecule has 0 spiro atoms. The number of oxime groups is 1. The Kier molecular flexibility index (Phi) is 2.60. The molecule has 0 atom stereocenters. The van der Waals surface area contributed by atoms with Gasteiger partial charge in [-0.05, 0) is 13.8 Å². The van der Waals surface area contributed by atoms with E-state index in [1.807, 2.05) is 13.8 Å². The standard InChI is InChI=1S/C8H11Cl2N3OS/c1-7(2)5(12-14)13-4-8(9,10)3-11-6(13)15-7/h14H,3-4H2,1-2H3. The zero-order valence-corrected chi connectivity index (χ0v) is 10.7. The average Bonchev–Trinajstić information content (AvgIpc) is 2.33. The maximum atomic E-state index is 9.00. The molecular weight excluding hydrogens is 257 g/mol. The van der Waals surface area contributed by atoms with E-state index in [2.05, 4.69) is 10.1 Å². The van der Waals surface area contributed by atoms with Gasteiger partial charge in [0.05, 0.1) is 17.8 Å². The highest BCUT2D eigenvalue weighted by atomic mass is 35.5. The summed E-state index contributed by atoms with van der Waals surface area (Å²) < 4.78 is -1.19. The van der Waals surface area contributed by atoms with Crippen LogP contribution in [-0.2, 0) is 0 Å². The Bertz CT molecular complexity index is 354. The maximum Gasteiger partial charge on any atom is 0.166 e. The summed E-state index contributed by atoms with van der Waals surface area (Å²) in [6.45, 7) is 4.73. The molecule has 84 valence electrons. The molecule has 0 aromatic carbocycles. The van der Waals surface area contributed by atoms with E-state index in [1.165, 1.54) is 0 Å². The highest BCUT2D eigenvalue weighted by Crippen LogP contribution is 2.42. The molecule has 7 heteroatoms. The molecule has 2 aliphatic heterocycles. The van der Waals surface area contributed by atoms with Crippen LogP contribution in [0.3, 0.4) is 0 Å². The SMILES string of the molecule is CC1(C)SC2=NCC(Cl)(Cl)CN2C1=NO. The summed E-state index contributed by atoms with van der Waals surface area (Å²) in [5.41, 5.74) is 0. The first-order valence-corrected chi connectivity index (χ1v) is 6.04. The average molecular weight is 268 g/mol. The molecule has 0 saturated carbocycles. The molecule has 2 rings (SSSR count). The van der Waals surface area contributed by atoms with Crippen LogP contribution in [0.1, 0.15) is 13.8 Å². The summed E-state index contributed by atoms with van der Waals surface area (Å²) in [6.07, 6.45) is 0. The molecule has 1 saturated heterocycles. The van der Waals surface area contributed by atoms with Gasteiger partial charge in [-0.15, -0.1) is 0 Å². The van der Waals surface area contributed by atoms with Crippen LogP contribution >= 0.6 is 35.0 Å². The number of amidine groups is 2. The van der Waals surface area contributed by atoms with Crippen LogP contribution in [0.2, 0.25) is 0 Å². The first-order valence-electron chi connectivity index (χ1n) is 4.47. The quantitative estimate of drug-likeness (QED) is 0.416. The van der Waals surface area contributed by atoms with Crippen LogP contribution in [0.25, 0.3) is 0 Å². The minimum Gasteiger partial charge on any atom is -0.409 e. The van der Waals surface area contributed by atoms with Crippen molar-refractivity contribution < 1.29 is 5.21 Å². The second-order valence-electron chi connectivity index (χ2n) is 4.08. The lowest BCUT2D eigenvalue weighted by Gasteiger charge is -2.30. The van der Waals surface area contributed by atoms with E-state index < -0.39 is 4.33 Å². The third-order valence-electron chi connectivity index (χ3n) is 2.30. The Hall–Kier alpha value is -0.130. The van der Waals surface area contributed by atoms with Gasteiger partial charge in [0.25, 0.3) is 0 Å². The van der Waals surface area contributed by atoms with E-state index in [-0.39, 0.29) is 4.75 Å². The van der Waals surface area contributed by atoms with Gasteiger partial charge in [0.2, 0.25) is 0 Å². The largest absolute Gasteiger partial charge is 0.409 e. The van der Waals surface area contributed by atoms with Gasteiger partial charge in [0.1, 0.15) is 0 Å². The fourth-order valence-electron chi connectivity index (χ4n) is 1.64. The summed E-state index contributed by atoms with van der Waals surface area (Å²) in [6, 6.07) is 0. The summed E-state index contributed by atoms with van der Waals surface area (Å²) in [5, 5.41) is 13.1. The zero-order chi connectivity index (χ0) is 11.3. The molecule has 1 N–H and O–H groups in total. The van der Waals surface area contributed by atoms with Gasteiger partial charge in [-0.1, -0.05) is 40.1 Å². The molecule has 15 heavy (non-hydrogen) atoms. The Balaban J connectivity index is 2.37. The monoisotopic (exact) mass is 267 g/mol. The normalized spacial score (nSPS) is 30.3. The van der Waals surface area contributed by atoms with Crippen LogP contribution in [0, 0.1) is 0 Å². The van der Waals surface area contributed by atoms with E-state index in [1.54, 1.807) is 16.7 Å². The summed E-state index contributed by atoms with van der Waals surface area (Å²) in [5.74, 6) is 0.552. The summed E-state index contributed by atoms with van der Waals surface area (Å²) in [4.78, 5) is 6.06. The van der Waals surface area contributed by atoms with Gasteiger partial charge in [-0.3, -0.25) is 4.99 Å². The van der Waals surface area contributed by atoms with Crippen molar-refractivity contribution in [3.63, 3.8) is 0 Å². The zero-order valence-electron chi connectivity index (χ0n) is 8.37. The van der Waals surface area contributed by atoms with Gasteiger partial charge in [-0.25, -0.2) is 0 Å². The van der Waals surface area contributed by atoms with E-state index in [0.717, 1.165) is 5.17 Å². The molecule has 2 heterocycles. The molecule has 4 nitrogen and oxygen atoms in total. The van der Waals surface area contributed by atoms with Gasteiger partial charge < -0.3 is 10.1 Å². The predicted octanol–water partition coefficient (Wildman–Crippen LogP) is 2.15. The number of thioether (sulfide) groups is 1. The van der Waals surface area contributed by atoms with Gasteiger partial charge >= 0.3 is 0 Å². The lowest BCUT2D eigenvalue weighted by atomic mass is 10.1. The fourth-order valence-corrected chi connectivity index (χ4v) is 3.09. The molecule has 0 aromatic heterocycles. The van der Waals surface area contributed by atoms with Crippen molar-refractivity contribution in [2.45, 2.75) is 22.9 Å². The van der Waals surface area contributed by atoms with E-state index in [9.17, 15) is 0 Å². The number of fused-ring (bicyclic) bond motifs is 1. The smallest absolute Gasteiger partial charge is 0.166 e. The highest BCUT2D eigenvalue weighted by Gasteiger charge is 2.47. The minimum absolute atomic E-state index is 0.290. The third kappa shape index (κ3) is 1.92. The molecule has 0 aromatic rings. The van der Waals surface area contributed by atoms with E-state index in [0.29, 0.717) is 18.9 Å². The third-order valence-corrected chi connectivity index (χ3v) is 4.00. The summed E-state index contributed by atoms with van der Waals surface area (Å²) in [7, 11) is 0. The Morgan fingerprint density at radius 3 is 2.80 bits per heavy atom. The molecule has 2 aliphatic rings. The first kappa shape index (κ1) is 11.4. The second-order valence-corrected chi connectivity index (χ2v) is 7.31. The lowest BCUT2D eigenvalue weighted by Crippen LogP contribution is -2.46. The molecule has 0 radical (unpaired) electrons.